The third-order valence-corrected chi connectivity index (χ3v) is 0. The fraction of sp³-hybridized carbons (Fsp3) is 0. The summed E-state index contributed by atoms with van der Waals surface area (Å²) in [6, 6.07) is 0. The second-order valence-corrected chi connectivity index (χ2v) is 0. The average molecular weight is 366 g/mol. The summed E-state index contributed by atoms with van der Waals surface area (Å²) in [6.45, 7) is 0. The molecule has 0 aliphatic carbocycles. The van der Waals surface area contributed by atoms with E-state index in [1.54, 1.807) is 0 Å². The molecular formula is AgNiOW. The third kappa shape index (κ3) is 9.30. The summed E-state index contributed by atoms with van der Waals surface area (Å²) in [5.74, 6) is 0. The second kappa shape index (κ2) is 22.1. The monoisotopic (exact) mass is 365 g/mol. The molecule has 0 atom stereocenters. The first-order valence-corrected chi connectivity index (χ1v) is 1.36. The maximum absolute atomic E-state index is 8.33. The van der Waals surface area contributed by atoms with E-state index >= 15 is 0 Å². The van der Waals surface area contributed by atoms with Gasteiger partial charge in [-0.1, -0.05) is 0 Å². The molecule has 0 aromatic rings. The minimum atomic E-state index is 0. The van der Waals surface area contributed by atoms with Crippen LogP contribution in [-0.4, -0.2) is 0 Å². The van der Waals surface area contributed by atoms with Crippen molar-refractivity contribution in [2.24, 2.45) is 0 Å². The number of hydrogen-bond acceptors (Lipinski definition) is 1. The predicted molar refractivity (Wildman–Crippen MR) is 0.686 cm³/mol. The number of rotatable bonds is 0. The van der Waals surface area contributed by atoms with Gasteiger partial charge >= 0.3 is 23.2 Å². The van der Waals surface area contributed by atoms with E-state index in [2.05, 4.69) is 0 Å². The molecular weight excluding hydrogens is 366 g/mol. The van der Waals surface area contributed by atoms with Crippen LogP contribution in [0.25, 0.3) is 0 Å². The van der Waals surface area contributed by atoms with Crippen LogP contribution in [0.4, 0.5) is 0 Å². The van der Waals surface area contributed by atoms with Crippen molar-refractivity contribution in [3.63, 3.8) is 0 Å². The van der Waals surface area contributed by atoms with Crippen LogP contribution in [0.3, 0.4) is 0 Å². The zero-order valence-corrected chi connectivity index (χ0v) is 6.84. The Balaban J connectivity index is -0.00000000500. The molecule has 0 N–H and O–H groups in total. The zero-order chi connectivity index (χ0) is 2.00. The average Bonchev–Trinajstić information content (AvgIpc) is 1.00. The van der Waals surface area contributed by atoms with Gasteiger partial charge < -0.3 is 0 Å². The van der Waals surface area contributed by atoms with Gasteiger partial charge in [-0.2, -0.15) is 0 Å². The van der Waals surface area contributed by atoms with E-state index in [4.69, 9.17) is 3.40 Å². The summed E-state index contributed by atoms with van der Waals surface area (Å²) in [6.07, 6.45) is 0. The molecule has 0 bridgehead atoms. The summed E-state index contributed by atoms with van der Waals surface area (Å²) < 4.78 is 8.33. The van der Waals surface area contributed by atoms with Crippen molar-refractivity contribution < 1.29 is 62.0 Å². The fourth-order valence-electron chi connectivity index (χ4n) is 0. The molecule has 0 aliphatic heterocycles. The Bertz CT molecular complexity index is 8.00. The Hall–Kier alpha value is 1.72. The molecule has 0 aliphatic rings. The predicted octanol–water partition coefficient (Wildman–Crippen LogP) is -0.126. The quantitative estimate of drug-likeness (QED) is 0.546. The standard InChI is InChI=1S/Ag.Ni.O.W. The first-order chi connectivity index (χ1) is 1.00. The molecule has 4 heavy (non-hydrogen) atoms. The molecule has 0 rings (SSSR count). The molecule has 0 unspecified atom stereocenters. The van der Waals surface area contributed by atoms with Gasteiger partial charge in [-0.3, -0.25) is 0 Å². The summed E-state index contributed by atoms with van der Waals surface area (Å²) >= 11 is 0.333. The van der Waals surface area contributed by atoms with Gasteiger partial charge in [-0.25, -0.2) is 0 Å². The van der Waals surface area contributed by atoms with Gasteiger partial charge in [0.1, 0.15) is 0 Å². The molecule has 0 spiro atoms. The van der Waals surface area contributed by atoms with Crippen molar-refractivity contribution >= 4 is 0 Å². The van der Waals surface area contributed by atoms with Crippen LogP contribution in [0.1, 0.15) is 0 Å². The van der Waals surface area contributed by atoms with E-state index in [0.29, 0.717) is 19.8 Å². The Labute approximate surface area is 61.6 Å². The van der Waals surface area contributed by atoms with E-state index in [0.717, 1.165) is 0 Å². The molecule has 0 saturated heterocycles. The molecule has 1 radical (unpaired) electrons. The van der Waals surface area contributed by atoms with Gasteiger partial charge in [0.05, 0.1) is 0 Å². The molecule has 0 heterocycles. The van der Waals surface area contributed by atoms with E-state index in [1.807, 2.05) is 0 Å². The van der Waals surface area contributed by atoms with Crippen molar-refractivity contribution in [3.8, 4) is 0 Å². The molecule has 33 valence electrons. The summed E-state index contributed by atoms with van der Waals surface area (Å²) in [5, 5.41) is 0. The van der Waals surface area contributed by atoms with Crippen molar-refractivity contribution in [1.82, 2.24) is 0 Å². The molecule has 4 heteroatoms. The van der Waals surface area contributed by atoms with Gasteiger partial charge in [-0.15, -0.1) is 0 Å². The van der Waals surface area contributed by atoms with Crippen molar-refractivity contribution in [2.75, 3.05) is 0 Å². The van der Waals surface area contributed by atoms with Crippen molar-refractivity contribution in [2.45, 2.75) is 0 Å². The fourth-order valence-corrected chi connectivity index (χ4v) is 0. The molecule has 0 fully saturated rings. The minimum absolute atomic E-state index is 0. The van der Waals surface area contributed by atoms with Crippen LogP contribution < -0.4 is 0 Å². The first-order valence-electron chi connectivity index (χ1n) is 0.167. The Morgan fingerprint density at radius 2 is 1.25 bits per heavy atom. The van der Waals surface area contributed by atoms with Crippen LogP contribution in [-0.2, 0) is 62.0 Å². The number of hydrogen-bond donors (Lipinski definition) is 0. The first kappa shape index (κ1) is 17.2. The molecule has 0 saturated carbocycles. The van der Waals surface area contributed by atoms with E-state index in [-0.39, 0.29) is 38.9 Å². The zero-order valence-electron chi connectivity index (χ0n) is 1.43. The summed E-state index contributed by atoms with van der Waals surface area (Å²) in [4.78, 5) is 0. The Morgan fingerprint density at radius 3 is 1.25 bits per heavy atom. The normalized spacial score (nSPS) is 1.00. The Kier molecular flexibility index (Phi) is 95.0. The van der Waals surface area contributed by atoms with Gasteiger partial charge in [0.15, 0.2) is 0 Å². The van der Waals surface area contributed by atoms with Crippen LogP contribution in [0, 0.1) is 0 Å². The van der Waals surface area contributed by atoms with Gasteiger partial charge in [0.25, 0.3) is 0 Å². The third-order valence-electron chi connectivity index (χ3n) is 0. The SMILES string of the molecule is [Ag].[Ni].[O]=[W]. The Morgan fingerprint density at radius 1 is 1.25 bits per heavy atom. The van der Waals surface area contributed by atoms with Crippen LogP contribution in [0.2, 0.25) is 0 Å². The molecule has 0 amide bonds. The molecule has 1 nitrogen and oxygen atoms in total. The molecule has 0 aromatic heterocycles. The maximum atomic E-state index is 8.33. The summed E-state index contributed by atoms with van der Waals surface area (Å²) in [7, 11) is 0. The second-order valence-electron chi connectivity index (χ2n) is 0. The van der Waals surface area contributed by atoms with Crippen molar-refractivity contribution in [3.05, 3.63) is 0 Å². The molecule has 0 aromatic carbocycles. The van der Waals surface area contributed by atoms with Gasteiger partial charge in [0, 0.05) is 38.9 Å². The topological polar surface area (TPSA) is 17.1 Å². The van der Waals surface area contributed by atoms with Crippen LogP contribution in [0.5, 0.6) is 0 Å². The van der Waals surface area contributed by atoms with Gasteiger partial charge in [0.2, 0.25) is 0 Å². The van der Waals surface area contributed by atoms with E-state index in [9.17, 15) is 0 Å². The van der Waals surface area contributed by atoms with Crippen LogP contribution >= 0.6 is 0 Å². The summed E-state index contributed by atoms with van der Waals surface area (Å²) in [5.41, 5.74) is 0. The van der Waals surface area contributed by atoms with Crippen LogP contribution in [0.15, 0.2) is 0 Å². The van der Waals surface area contributed by atoms with E-state index in [1.165, 1.54) is 0 Å². The van der Waals surface area contributed by atoms with E-state index < -0.39 is 0 Å². The van der Waals surface area contributed by atoms with Crippen molar-refractivity contribution in [1.29, 1.82) is 0 Å². The van der Waals surface area contributed by atoms with Gasteiger partial charge in [-0.05, 0) is 0 Å².